The van der Waals surface area contributed by atoms with Crippen LogP contribution in [-0.2, 0) is 4.74 Å². The highest BCUT2D eigenvalue weighted by Crippen LogP contribution is 2.31. The Morgan fingerprint density at radius 3 is 2.80 bits per heavy atom. The highest BCUT2D eigenvalue weighted by Gasteiger charge is 2.15. The number of anilines is 1. The average molecular weight is 331 g/mol. The number of morpholine rings is 1. The molecule has 4 aromatic rings. The lowest BCUT2D eigenvalue weighted by atomic mass is 10.0. The molecule has 0 spiro atoms. The number of rotatable bonds is 2. The van der Waals surface area contributed by atoms with E-state index in [1.807, 2.05) is 12.4 Å². The van der Waals surface area contributed by atoms with Gasteiger partial charge in [-0.25, -0.2) is 4.98 Å². The van der Waals surface area contributed by atoms with Crippen LogP contribution >= 0.6 is 0 Å². The van der Waals surface area contributed by atoms with Gasteiger partial charge in [0, 0.05) is 47.5 Å². The zero-order valence-corrected chi connectivity index (χ0v) is 13.6. The molecule has 4 heterocycles. The van der Waals surface area contributed by atoms with Gasteiger partial charge in [0.05, 0.1) is 24.9 Å². The van der Waals surface area contributed by atoms with Gasteiger partial charge in [0.25, 0.3) is 0 Å². The van der Waals surface area contributed by atoms with Crippen LogP contribution < -0.4 is 4.90 Å². The van der Waals surface area contributed by atoms with Gasteiger partial charge in [-0.15, -0.1) is 0 Å². The van der Waals surface area contributed by atoms with Crippen LogP contribution in [0.4, 0.5) is 5.69 Å². The molecule has 0 saturated carbocycles. The van der Waals surface area contributed by atoms with Gasteiger partial charge in [-0.1, -0.05) is 6.07 Å². The molecule has 0 bridgehead atoms. The molecule has 0 radical (unpaired) electrons. The van der Waals surface area contributed by atoms with Crippen molar-refractivity contribution in [1.82, 2.24) is 20.2 Å². The topological polar surface area (TPSA) is 66.9 Å². The fraction of sp³-hybridized carbons (Fsp3) is 0.211. The SMILES string of the molecule is c1cc(N2CCOCC2)c2cc(-c3cnc4[nH]ncc4c3)ccc2n1. The molecule has 1 aliphatic heterocycles. The summed E-state index contributed by atoms with van der Waals surface area (Å²) in [5.41, 5.74) is 5.23. The summed E-state index contributed by atoms with van der Waals surface area (Å²) in [6.07, 6.45) is 5.56. The first-order valence-corrected chi connectivity index (χ1v) is 8.39. The van der Waals surface area contributed by atoms with E-state index in [2.05, 4.69) is 55.4 Å². The van der Waals surface area contributed by atoms with Crippen molar-refractivity contribution in [2.24, 2.45) is 0 Å². The first-order chi connectivity index (χ1) is 12.4. The van der Waals surface area contributed by atoms with Crippen LogP contribution in [0.5, 0.6) is 0 Å². The Hall–Kier alpha value is -2.99. The molecule has 25 heavy (non-hydrogen) atoms. The van der Waals surface area contributed by atoms with Gasteiger partial charge in [-0.05, 0) is 29.8 Å². The Labute approximate surface area is 144 Å². The Kier molecular flexibility index (Phi) is 3.34. The van der Waals surface area contributed by atoms with Gasteiger partial charge in [-0.3, -0.25) is 10.1 Å². The van der Waals surface area contributed by atoms with E-state index < -0.39 is 0 Å². The number of H-pyrrole nitrogens is 1. The second kappa shape index (κ2) is 5.82. The van der Waals surface area contributed by atoms with E-state index in [9.17, 15) is 0 Å². The number of aromatic amines is 1. The Morgan fingerprint density at radius 2 is 1.88 bits per heavy atom. The molecular weight excluding hydrogens is 314 g/mol. The molecule has 0 amide bonds. The maximum atomic E-state index is 5.49. The number of nitrogens with one attached hydrogen (secondary N) is 1. The van der Waals surface area contributed by atoms with Crippen molar-refractivity contribution < 1.29 is 4.74 Å². The summed E-state index contributed by atoms with van der Waals surface area (Å²) < 4.78 is 5.49. The third-order valence-corrected chi connectivity index (χ3v) is 4.69. The fourth-order valence-electron chi connectivity index (χ4n) is 3.39. The average Bonchev–Trinajstić information content (AvgIpc) is 3.15. The molecule has 1 fully saturated rings. The summed E-state index contributed by atoms with van der Waals surface area (Å²) >= 11 is 0. The minimum Gasteiger partial charge on any atom is -0.378 e. The van der Waals surface area contributed by atoms with Gasteiger partial charge in [0.15, 0.2) is 5.65 Å². The number of nitrogens with zero attached hydrogens (tertiary/aromatic N) is 4. The standard InChI is InChI=1S/C19H17N5O/c1-2-17-16(18(3-4-20-17)24-5-7-25-8-6-24)10-13(1)14-9-15-12-22-23-19(15)21-11-14/h1-4,9-12H,5-8H2,(H,21,22,23). The summed E-state index contributed by atoms with van der Waals surface area (Å²) in [6.45, 7) is 3.35. The first kappa shape index (κ1) is 14.4. The van der Waals surface area contributed by atoms with E-state index in [0.29, 0.717) is 0 Å². The van der Waals surface area contributed by atoms with Crippen molar-refractivity contribution >= 4 is 27.6 Å². The third kappa shape index (κ3) is 2.51. The summed E-state index contributed by atoms with van der Waals surface area (Å²) in [4.78, 5) is 11.3. The van der Waals surface area contributed by atoms with Gasteiger partial charge in [0.1, 0.15) is 0 Å². The maximum absolute atomic E-state index is 5.49. The predicted molar refractivity (Wildman–Crippen MR) is 97.7 cm³/mol. The third-order valence-electron chi connectivity index (χ3n) is 4.69. The first-order valence-electron chi connectivity index (χ1n) is 8.39. The van der Waals surface area contributed by atoms with Crippen molar-refractivity contribution in [1.29, 1.82) is 0 Å². The molecule has 1 aliphatic rings. The lowest BCUT2D eigenvalue weighted by Crippen LogP contribution is -2.36. The van der Waals surface area contributed by atoms with Gasteiger partial charge >= 0.3 is 0 Å². The number of hydrogen-bond acceptors (Lipinski definition) is 5. The maximum Gasteiger partial charge on any atom is 0.155 e. The monoisotopic (exact) mass is 331 g/mol. The van der Waals surface area contributed by atoms with Crippen molar-refractivity contribution in [3.8, 4) is 11.1 Å². The molecule has 124 valence electrons. The van der Waals surface area contributed by atoms with E-state index >= 15 is 0 Å². The molecule has 5 rings (SSSR count). The molecule has 6 heteroatoms. The van der Waals surface area contributed by atoms with Gasteiger partial charge in [-0.2, -0.15) is 5.10 Å². The number of benzene rings is 1. The highest BCUT2D eigenvalue weighted by molar-refractivity contribution is 5.95. The number of aromatic nitrogens is 4. The molecule has 0 unspecified atom stereocenters. The van der Waals surface area contributed by atoms with Crippen molar-refractivity contribution in [3.63, 3.8) is 0 Å². The van der Waals surface area contributed by atoms with Crippen molar-refractivity contribution in [2.45, 2.75) is 0 Å². The number of hydrogen-bond donors (Lipinski definition) is 1. The van der Waals surface area contributed by atoms with Crippen LogP contribution in [0.1, 0.15) is 0 Å². The molecular formula is C19H17N5O. The minimum atomic E-state index is 0.768. The molecule has 1 saturated heterocycles. The van der Waals surface area contributed by atoms with Crippen LogP contribution in [0.3, 0.4) is 0 Å². The van der Waals surface area contributed by atoms with E-state index in [1.54, 1.807) is 6.20 Å². The second-order valence-electron chi connectivity index (χ2n) is 6.19. The molecule has 6 nitrogen and oxygen atoms in total. The number of fused-ring (bicyclic) bond motifs is 2. The number of ether oxygens (including phenoxy) is 1. The van der Waals surface area contributed by atoms with Crippen molar-refractivity contribution in [2.75, 3.05) is 31.2 Å². The Balaban J connectivity index is 1.64. The second-order valence-corrected chi connectivity index (χ2v) is 6.19. The van der Waals surface area contributed by atoms with E-state index in [1.165, 1.54) is 5.69 Å². The van der Waals surface area contributed by atoms with Gasteiger partial charge < -0.3 is 9.64 Å². The lowest BCUT2D eigenvalue weighted by Gasteiger charge is -2.29. The quantitative estimate of drug-likeness (QED) is 0.611. The summed E-state index contributed by atoms with van der Waals surface area (Å²) in [6, 6.07) is 10.6. The fourth-order valence-corrected chi connectivity index (χ4v) is 3.39. The predicted octanol–water partition coefficient (Wildman–Crippen LogP) is 3.01. The van der Waals surface area contributed by atoms with Crippen LogP contribution in [0.25, 0.3) is 33.1 Å². The molecule has 1 aromatic carbocycles. The van der Waals surface area contributed by atoms with Crippen molar-refractivity contribution in [3.05, 3.63) is 48.9 Å². The summed E-state index contributed by atoms with van der Waals surface area (Å²) in [5, 5.41) is 9.11. The molecule has 3 aromatic heterocycles. The molecule has 0 aliphatic carbocycles. The molecule has 0 atom stereocenters. The normalized spacial score (nSPS) is 15.1. The Bertz CT molecular complexity index is 1050. The van der Waals surface area contributed by atoms with Crippen LogP contribution in [0.15, 0.2) is 48.9 Å². The summed E-state index contributed by atoms with van der Waals surface area (Å²) in [5.74, 6) is 0. The van der Waals surface area contributed by atoms with E-state index in [-0.39, 0.29) is 0 Å². The smallest absolute Gasteiger partial charge is 0.155 e. The highest BCUT2D eigenvalue weighted by atomic mass is 16.5. The Morgan fingerprint density at radius 1 is 0.960 bits per heavy atom. The lowest BCUT2D eigenvalue weighted by molar-refractivity contribution is 0.123. The van der Waals surface area contributed by atoms with E-state index in [0.717, 1.165) is 59.4 Å². The van der Waals surface area contributed by atoms with Crippen LogP contribution in [-0.4, -0.2) is 46.5 Å². The van der Waals surface area contributed by atoms with Crippen LogP contribution in [0, 0.1) is 0 Å². The largest absolute Gasteiger partial charge is 0.378 e. The molecule has 1 N–H and O–H groups in total. The zero-order chi connectivity index (χ0) is 16.6. The zero-order valence-electron chi connectivity index (χ0n) is 13.6. The van der Waals surface area contributed by atoms with Gasteiger partial charge in [0.2, 0.25) is 0 Å². The minimum absolute atomic E-state index is 0.768. The number of pyridine rings is 2. The van der Waals surface area contributed by atoms with E-state index in [4.69, 9.17) is 4.74 Å². The van der Waals surface area contributed by atoms with Crippen LogP contribution in [0.2, 0.25) is 0 Å². The summed E-state index contributed by atoms with van der Waals surface area (Å²) in [7, 11) is 0.